The number of carbonyl (C=O) groups excluding carboxylic acids is 2. The Morgan fingerprint density at radius 3 is 3.07 bits per heavy atom. The molecule has 5 heterocycles. The summed E-state index contributed by atoms with van der Waals surface area (Å²) in [6.45, 7) is 4.43. The van der Waals surface area contributed by atoms with Crippen LogP contribution in [0.4, 0.5) is 0 Å². The molecule has 0 unspecified atom stereocenters. The standard InChI is InChI=1S/C21H27N5O2/c1-13-5-6-18-16(10-24-25(18)12-13)21(28)23-11-19-15-7-14(8-22-9-15)17-3-2-4-20(27)26(17)19/h5-6,10,12,14-15,17,19,22H,2-4,7-9,11H2,1H3,(H,23,28)/t14-,15+,17+,19+/m1/s1. The van der Waals surface area contributed by atoms with E-state index in [0.717, 1.165) is 43.4 Å². The Morgan fingerprint density at radius 1 is 1.32 bits per heavy atom. The van der Waals surface area contributed by atoms with Crippen LogP contribution in [0.25, 0.3) is 5.52 Å². The number of pyridine rings is 1. The van der Waals surface area contributed by atoms with Crippen LogP contribution in [0.2, 0.25) is 0 Å². The zero-order valence-electron chi connectivity index (χ0n) is 16.2. The second-order valence-electron chi connectivity index (χ2n) is 8.55. The first-order valence-corrected chi connectivity index (χ1v) is 10.4. The fraction of sp³-hybridized carbons (Fsp3) is 0.571. The van der Waals surface area contributed by atoms with E-state index in [1.54, 1.807) is 10.7 Å². The molecule has 5 rings (SSSR count). The maximum absolute atomic E-state index is 12.9. The van der Waals surface area contributed by atoms with Crippen LogP contribution < -0.4 is 10.6 Å². The number of nitrogens with one attached hydrogen (secondary N) is 2. The Bertz CT molecular complexity index is 923. The van der Waals surface area contributed by atoms with Gasteiger partial charge in [0.05, 0.1) is 23.3 Å². The molecule has 3 fully saturated rings. The van der Waals surface area contributed by atoms with Gasteiger partial charge in [-0.05, 0) is 56.2 Å². The van der Waals surface area contributed by atoms with Crippen LogP contribution in [0, 0.1) is 18.8 Å². The maximum atomic E-state index is 12.9. The Morgan fingerprint density at radius 2 is 2.18 bits per heavy atom. The molecular formula is C21H27N5O2. The maximum Gasteiger partial charge on any atom is 0.255 e. The molecule has 3 aliphatic heterocycles. The molecule has 0 radical (unpaired) electrons. The van der Waals surface area contributed by atoms with Crippen molar-refractivity contribution in [3.05, 3.63) is 35.7 Å². The van der Waals surface area contributed by atoms with Gasteiger partial charge in [-0.15, -0.1) is 0 Å². The molecule has 0 saturated carbocycles. The molecule has 3 aliphatic rings. The minimum atomic E-state index is -0.120. The summed E-state index contributed by atoms with van der Waals surface area (Å²) in [5.41, 5.74) is 2.48. The average molecular weight is 381 g/mol. The Hall–Kier alpha value is -2.41. The zero-order chi connectivity index (χ0) is 19.3. The number of piperidine rings is 3. The van der Waals surface area contributed by atoms with Gasteiger partial charge >= 0.3 is 0 Å². The molecule has 2 aromatic heterocycles. The predicted molar refractivity (Wildman–Crippen MR) is 105 cm³/mol. The summed E-state index contributed by atoms with van der Waals surface area (Å²) >= 11 is 0. The largest absolute Gasteiger partial charge is 0.350 e. The van der Waals surface area contributed by atoms with E-state index in [1.807, 2.05) is 25.3 Å². The summed E-state index contributed by atoms with van der Waals surface area (Å²) in [5, 5.41) is 11.0. The molecule has 28 heavy (non-hydrogen) atoms. The third kappa shape index (κ3) is 2.89. The number of aryl methyl sites for hydroxylation is 1. The van der Waals surface area contributed by atoms with Gasteiger partial charge in [-0.25, -0.2) is 4.52 Å². The van der Waals surface area contributed by atoms with Gasteiger partial charge in [-0.3, -0.25) is 9.59 Å². The molecular weight excluding hydrogens is 354 g/mol. The van der Waals surface area contributed by atoms with Gasteiger partial charge < -0.3 is 15.5 Å². The number of aromatic nitrogens is 2. The van der Waals surface area contributed by atoms with Crippen molar-refractivity contribution >= 4 is 17.3 Å². The van der Waals surface area contributed by atoms with E-state index < -0.39 is 0 Å². The highest BCUT2D eigenvalue weighted by Crippen LogP contribution is 2.39. The fourth-order valence-electron chi connectivity index (χ4n) is 5.45. The van der Waals surface area contributed by atoms with Crippen molar-refractivity contribution in [2.75, 3.05) is 19.6 Å². The molecule has 3 saturated heterocycles. The van der Waals surface area contributed by atoms with Gasteiger partial charge in [0.15, 0.2) is 0 Å². The molecule has 0 aliphatic carbocycles. The van der Waals surface area contributed by atoms with Crippen molar-refractivity contribution < 1.29 is 9.59 Å². The number of rotatable bonds is 3. The first-order chi connectivity index (χ1) is 13.6. The molecule has 148 valence electrons. The van der Waals surface area contributed by atoms with E-state index in [2.05, 4.69) is 20.6 Å². The van der Waals surface area contributed by atoms with Crippen LogP contribution in [0.3, 0.4) is 0 Å². The molecule has 7 heteroatoms. The summed E-state index contributed by atoms with van der Waals surface area (Å²) < 4.78 is 1.74. The van der Waals surface area contributed by atoms with Crippen LogP contribution in [0.5, 0.6) is 0 Å². The van der Waals surface area contributed by atoms with E-state index in [-0.39, 0.29) is 17.9 Å². The van der Waals surface area contributed by atoms with Gasteiger partial charge in [0.2, 0.25) is 5.91 Å². The average Bonchev–Trinajstić information content (AvgIpc) is 3.11. The van der Waals surface area contributed by atoms with Gasteiger partial charge in [0.1, 0.15) is 0 Å². The van der Waals surface area contributed by atoms with Crippen LogP contribution in [0.15, 0.2) is 24.5 Å². The summed E-state index contributed by atoms with van der Waals surface area (Å²) in [6.07, 6.45) is 7.40. The minimum Gasteiger partial charge on any atom is -0.350 e. The third-order valence-corrected chi connectivity index (χ3v) is 6.78. The van der Waals surface area contributed by atoms with Crippen LogP contribution in [-0.4, -0.2) is 58.0 Å². The van der Waals surface area contributed by atoms with E-state index in [9.17, 15) is 9.59 Å². The van der Waals surface area contributed by atoms with Crippen molar-refractivity contribution in [1.29, 1.82) is 0 Å². The lowest BCUT2D eigenvalue weighted by atomic mass is 9.72. The normalized spacial score (nSPS) is 29.6. The van der Waals surface area contributed by atoms with E-state index in [1.165, 1.54) is 0 Å². The van der Waals surface area contributed by atoms with Crippen molar-refractivity contribution in [1.82, 2.24) is 25.1 Å². The monoisotopic (exact) mass is 381 g/mol. The summed E-state index contributed by atoms with van der Waals surface area (Å²) in [6, 6.07) is 4.32. The first-order valence-electron chi connectivity index (χ1n) is 10.4. The number of hydrogen-bond acceptors (Lipinski definition) is 4. The summed E-state index contributed by atoms with van der Waals surface area (Å²) in [5.74, 6) is 1.10. The molecule has 2 amide bonds. The smallest absolute Gasteiger partial charge is 0.255 e. The minimum absolute atomic E-state index is 0.0786. The van der Waals surface area contributed by atoms with Crippen molar-refractivity contribution in [2.24, 2.45) is 11.8 Å². The Labute approximate surface area is 164 Å². The zero-order valence-corrected chi connectivity index (χ0v) is 16.2. The number of carbonyl (C=O) groups is 2. The number of nitrogens with zero attached hydrogens (tertiary/aromatic N) is 3. The van der Waals surface area contributed by atoms with Crippen molar-refractivity contribution in [3.8, 4) is 0 Å². The highest BCUT2D eigenvalue weighted by molar-refractivity contribution is 6.00. The lowest BCUT2D eigenvalue weighted by Crippen LogP contribution is -2.66. The quantitative estimate of drug-likeness (QED) is 0.842. The van der Waals surface area contributed by atoms with E-state index >= 15 is 0 Å². The topological polar surface area (TPSA) is 78.7 Å². The summed E-state index contributed by atoms with van der Waals surface area (Å²) in [4.78, 5) is 27.7. The number of amides is 2. The van der Waals surface area contributed by atoms with Crippen LogP contribution in [-0.2, 0) is 4.79 Å². The number of hydrogen-bond donors (Lipinski definition) is 2. The SMILES string of the molecule is Cc1ccc2c(C(=O)NC[C@H]3[C@@H]4CNC[C@@H](C4)[C@@H]4CCCC(=O)N43)cnn2c1. The summed E-state index contributed by atoms with van der Waals surface area (Å²) in [7, 11) is 0. The molecule has 2 N–H and O–H groups in total. The molecule has 0 spiro atoms. The second kappa shape index (κ2) is 6.88. The van der Waals surface area contributed by atoms with E-state index in [4.69, 9.17) is 0 Å². The Kier molecular flexibility index (Phi) is 4.34. The van der Waals surface area contributed by atoms with Gasteiger partial charge in [0, 0.05) is 31.7 Å². The third-order valence-electron chi connectivity index (χ3n) is 6.78. The van der Waals surface area contributed by atoms with Crippen molar-refractivity contribution in [3.63, 3.8) is 0 Å². The van der Waals surface area contributed by atoms with Gasteiger partial charge in [0.25, 0.3) is 5.91 Å². The molecule has 2 bridgehead atoms. The second-order valence-corrected chi connectivity index (χ2v) is 8.55. The lowest BCUT2D eigenvalue weighted by Gasteiger charge is -2.54. The molecule has 4 atom stereocenters. The van der Waals surface area contributed by atoms with E-state index in [0.29, 0.717) is 36.4 Å². The Balaban J connectivity index is 1.35. The molecule has 2 aromatic rings. The lowest BCUT2D eigenvalue weighted by molar-refractivity contribution is -0.148. The first kappa shape index (κ1) is 17.7. The molecule has 0 aromatic carbocycles. The van der Waals surface area contributed by atoms with Crippen molar-refractivity contribution in [2.45, 2.75) is 44.7 Å². The van der Waals surface area contributed by atoms with Crippen LogP contribution in [0.1, 0.15) is 41.6 Å². The molecule has 7 nitrogen and oxygen atoms in total. The van der Waals surface area contributed by atoms with Crippen LogP contribution >= 0.6 is 0 Å². The number of fused-ring (bicyclic) bond motifs is 5. The van der Waals surface area contributed by atoms with Gasteiger partial charge in [-0.1, -0.05) is 6.07 Å². The predicted octanol–water partition coefficient (Wildman–Crippen LogP) is 1.36. The highest BCUT2D eigenvalue weighted by Gasteiger charge is 2.47. The highest BCUT2D eigenvalue weighted by atomic mass is 16.2. The van der Waals surface area contributed by atoms with Gasteiger partial charge in [-0.2, -0.15) is 5.10 Å². The fourth-order valence-corrected chi connectivity index (χ4v) is 5.45.